The topological polar surface area (TPSA) is 29.1 Å². The predicted molar refractivity (Wildman–Crippen MR) is 60.7 cm³/mol. The second-order valence-electron chi connectivity index (χ2n) is 4.39. The summed E-state index contributed by atoms with van der Waals surface area (Å²) in [6.45, 7) is 0.880. The summed E-state index contributed by atoms with van der Waals surface area (Å²) < 4.78 is 25.8. The molecule has 0 aromatic heterocycles. The van der Waals surface area contributed by atoms with Crippen LogP contribution in [0.2, 0.25) is 0 Å². The molecule has 1 aliphatic rings. The number of carbonyl (C=O) groups excluding carboxylic acids is 1. The molecule has 1 N–H and O–H groups in total. The molecule has 1 unspecified atom stereocenters. The molecule has 1 aromatic rings. The average Bonchev–Trinajstić information content (AvgIpc) is 2.78. The molecule has 1 saturated heterocycles. The Labute approximate surface area is 99.0 Å². The Morgan fingerprint density at radius 1 is 1.29 bits per heavy atom. The molecule has 4 heteroatoms. The average molecular weight is 239 g/mol. The Morgan fingerprint density at radius 2 is 2.00 bits per heavy atom. The molecule has 0 aliphatic carbocycles. The van der Waals surface area contributed by atoms with Crippen molar-refractivity contribution in [3.63, 3.8) is 0 Å². The van der Waals surface area contributed by atoms with E-state index in [1.165, 1.54) is 12.1 Å². The molecule has 0 amide bonds. The first kappa shape index (κ1) is 12.2. The van der Waals surface area contributed by atoms with Crippen LogP contribution >= 0.6 is 0 Å². The van der Waals surface area contributed by atoms with Crippen LogP contribution in [0, 0.1) is 11.6 Å². The van der Waals surface area contributed by atoms with E-state index in [-0.39, 0.29) is 11.8 Å². The number of nitrogens with one attached hydrogen (secondary N) is 1. The van der Waals surface area contributed by atoms with Gasteiger partial charge in [0.1, 0.15) is 17.4 Å². The summed E-state index contributed by atoms with van der Waals surface area (Å²) in [5, 5.41) is 3.12. The highest BCUT2D eigenvalue weighted by atomic mass is 19.1. The normalized spacial score (nSPS) is 19.5. The van der Waals surface area contributed by atoms with Crippen LogP contribution in [0.15, 0.2) is 18.2 Å². The van der Waals surface area contributed by atoms with Crippen molar-refractivity contribution >= 4 is 5.78 Å². The second kappa shape index (κ2) is 5.36. The first-order valence-electron chi connectivity index (χ1n) is 5.86. The minimum atomic E-state index is -0.591. The Morgan fingerprint density at radius 3 is 2.59 bits per heavy atom. The number of ketones is 1. The van der Waals surface area contributed by atoms with Crippen molar-refractivity contribution in [1.82, 2.24) is 5.32 Å². The molecule has 1 aromatic carbocycles. The van der Waals surface area contributed by atoms with Gasteiger partial charge in [-0.2, -0.15) is 0 Å². The van der Waals surface area contributed by atoms with Gasteiger partial charge in [-0.05, 0) is 43.5 Å². The molecule has 17 heavy (non-hydrogen) atoms. The van der Waals surface area contributed by atoms with E-state index < -0.39 is 11.6 Å². The van der Waals surface area contributed by atoms with Gasteiger partial charge in [0.25, 0.3) is 0 Å². The van der Waals surface area contributed by atoms with Gasteiger partial charge in [0.15, 0.2) is 0 Å². The lowest BCUT2D eigenvalue weighted by atomic mass is 10.0. The van der Waals surface area contributed by atoms with E-state index >= 15 is 0 Å². The molecule has 0 saturated carbocycles. The van der Waals surface area contributed by atoms with E-state index in [1.807, 2.05) is 0 Å². The van der Waals surface area contributed by atoms with Crippen LogP contribution in [0.5, 0.6) is 0 Å². The van der Waals surface area contributed by atoms with E-state index in [2.05, 4.69) is 5.32 Å². The summed E-state index contributed by atoms with van der Waals surface area (Å²) in [7, 11) is 0. The zero-order valence-electron chi connectivity index (χ0n) is 9.51. The second-order valence-corrected chi connectivity index (χ2v) is 4.39. The highest BCUT2D eigenvalue weighted by Crippen LogP contribution is 2.13. The van der Waals surface area contributed by atoms with Crippen molar-refractivity contribution in [2.45, 2.75) is 31.7 Å². The quantitative estimate of drug-likeness (QED) is 0.872. The fraction of sp³-hybridized carbons (Fsp3) is 0.462. The van der Waals surface area contributed by atoms with Crippen molar-refractivity contribution < 1.29 is 13.6 Å². The number of aryl methyl sites for hydroxylation is 1. The summed E-state index contributed by atoms with van der Waals surface area (Å²) >= 11 is 0. The fourth-order valence-corrected chi connectivity index (χ4v) is 2.16. The lowest BCUT2D eigenvalue weighted by molar-refractivity contribution is -0.120. The molecule has 0 bridgehead atoms. The van der Waals surface area contributed by atoms with E-state index in [0.29, 0.717) is 18.4 Å². The van der Waals surface area contributed by atoms with Gasteiger partial charge in [-0.15, -0.1) is 0 Å². The molecule has 92 valence electrons. The van der Waals surface area contributed by atoms with Crippen molar-refractivity contribution in [2.75, 3.05) is 6.54 Å². The largest absolute Gasteiger partial charge is 0.307 e. The van der Waals surface area contributed by atoms with Gasteiger partial charge in [0, 0.05) is 12.5 Å². The van der Waals surface area contributed by atoms with Crippen molar-refractivity contribution in [3.8, 4) is 0 Å². The molecule has 1 fully saturated rings. The van der Waals surface area contributed by atoms with Crippen LogP contribution in [0.3, 0.4) is 0 Å². The number of hydrogen-bond donors (Lipinski definition) is 1. The van der Waals surface area contributed by atoms with Crippen molar-refractivity contribution in [3.05, 3.63) is 35.4 Å². The van der Waals surface area contributed by atoms with Crippen molar-refractivity contribution in [1.29, 1.82) is 0 Å². The molecule has 2 nitrogen and oxygen atoms in total. The number of rotatable bonds is 4. The minimum absolute atomic E-state index is 0.0617. The van der Waals surface area contributed by atoms with E-state index in [4.69, 9.17) is 0 Å². The molecule has 2 rings (SSSR count). The first-order valence-corrected chi connectivity index (χ1v) is 5.86. The highest BCUT2D eigenvalue weighted by molar-refractivity contribution is 5.84. The first-order chi connectivity index (χ1) is 8.15. The number of halogens is 2. The van der Waals surface area contributed by atoms with Gasteiger partial charge in [-0.1, -0.05) is 0 Å². The van der Waals surface area contributed by atoms with E-state index in [9.17, 15) is 13.6 Å². The van der Waals surface area contributed by atoms with E-state index in [0.717, 1.165) is 25.5 Å². The Hall–Kier alpha value is -1.29. The number of carbonyl (C=O) groups is 1. The van der Waals surface area contributed by atoms with Gasteiger partial charge in [0.05, 0.1) is 6.04 Å². The van der Waals surface area contributed by atoms with Crippen molar-refractivity contribution in [2.24, 2.45) is 0 Å². The van der Waals surface area contributed by atoms with Crippen LogP contribution in [-0.2, 0) is 11.2 Å². The smallest absolute Gasteiger partial charge is 0.150 e. The van der Waals surface area contributed by atoms with Gasteiger partial charge in [-0.25, -0.2) is 8.78 Å². The third kappa shape index (κ3) is 3.33. The number of benzene rings is 1. The van der Waals surface area contributed by atoms with Gasteiger partial charge >= 0.3 is 0 Å². The zero-order chi connectivity index (χ0) is 12.3. The summed E-state index contributed by atoms with van der Waals surface area (Å²) in [6.07, 6.45) is 2.62. The van der Waals surface area contributed by atoms with Crippen LogP contribution < -0.4 is 5.32 Å². The summed E-state index contributed by atoms with van der Waals surface area (Å²) in [5.41, 5.74) is 0.536. The predicted octanol–water partition coefficient (Wildman–Crippen LogP) is 2.22. The maximum atomic E-state index is 12.9. The lowest BCUT2D eigenvalue weighted by Gasteiger charge is -2.08. The molecule has 1 aliphatic heterocycles. The maximum Gasteiger partial charge on any atom is 0.150 e. The maximum absolute atomic E-state index is 12.9. The van der Waals surface area contributed by atoms with Crippen LogP contribution in [-0.4, -0.2) is 18.4 Å². The van der Waals surface area contributed by atoms with Gasteiger partial charge in [0.2, 0.25) is 0 Å². The van der Waals surface area contributed by atoms with Crippen LogP contribution in [0.25, 0.3) is 0 Å². The molecule has 1 atom stereocenters. The standard InChI is InChI=1S/C13H15F2NO/c14-10-6-9(7-11(15)8-10)3-4-13(17)12-2-1-5-16-12/h6-8,12,16H,1-5H2. The van der Waals surface area contributed by atoms with E-state index in [1.54, 1.807) is 0 Å². The zero-order valence-corrected chi connectivity index (χ0v) is 9.51. The molecule has 0 radical (unpaired) electrons. The minimum Gasteiger partial charge on any atom is -0.307 e. The summed E-state index contributed by atoms with van der Waals surface area (Å²) in [6, 6.07) is 3.33. The number of Topliss-reactive ketones (excluding diaryl/α,β-unsaturated/α-hetero) is 1. The summed E-state index contributed by atoms with van der Waals surface area (Å²) in [4.78, 5) is 11.7. The Kier molecular flexibility index (Phi) is 3.84. The SMILES string of the molecule is O=C(CCc1cc(F)cc(F)c1)C1CCCN1. The Balaban J connectivity index is 1.90. The van der Waals surface area contributed by atoms with Gasteiger partial charge in [-0.3, -0.25) is 4.79 Å². The molecular weight excluding hydrogens is 224 g/mol. The third-order valence-corrected chi connectivity index (χ3v) is 3.03. The van der Waals surface area contributed by atoms with Gasteiger partial charge < -0.3 is 5.32 Å². The molecule has 1 heterocycles. The lowest BCUT2D eigenvalue weighted by Crippen LogP contribution is -2.30. The molecular formula is C13H15F2NO. The Bertz CT molecular complexity index is 394. The highest BCUT2D eigenvalue weighted by Gasteiger charge is 2.21. The molecule has 0 spiro atoms. The third-order valence-electron chi connectivity index (χ3n) is 3.03. The monoisotopic (exact) mass is 239 g/mol. The summed E-state index contributed by atoms with van der Waals surface area (Å²) in [5.74, 6) is -1.05. The van der Waals surface area contributed by atoms with Crippen LogP contribution in [0.4, 0.5) is 8.78 Å². The fourth-order valence-electron chi connectivity index (χ4n) is 2.16. The number of hydrogen-bond acceptors (Lipinski definition) is 2. The van der Waals surface area contributed by atoms with Crippen LogP contribution in [0.1, 0.15) is 24.8 Å².